The summed E-state index contributed by atoms with van der Waals surface area (Å²) in [5, 5.41) is 3.16. The quantitative estimate of drug-likeness (QED) is 0.652. The van der Waals surface area contributed by atoms with Crippen LogP contribution in [0.4, 0.5) is 0 Å². The van der Waals surface area contributed by atoms with E-state index in [1.807, 2.05) is 0 Å². The van der Waals surface area contributed by atoms with Crippen molar-refractivity contribution in [1.29, 1.82) is 0 Å². The zero-order valence-electron chi connectivity index (χ0n) is 12.5. The number of guanidine groups is 1. The maximum Gasteiger partial charge on any atom is 0.189 e. The minimum atomic E-state index is 0.318. The van der Waals surface area contributed by atoms with Crippen LogP contribution in [-0.2, 0) is 6.54 Å². The van der Waals surface area contributed by atoms with Crippen molar-refractivity contribution in [3.63, 3.8) is 0 Å². The number of hydrogen-bond acceptors (Lipinski definition) is 2. The summed E-state index contributed by atoms with van der Waals surface area (Å²) in [6.45, 7) is 7.30. The molecule has 0 saturated carbocycles. The average molecular weight is 274 g/mol. The summed E-state index contributed by atoms with van der Waals surface area (Å²) in [4.78, 5) is 7.08. The molecule has 1 aromatic carbocycles. The Morgan fingerprint density at radius 2 is 2.15 bits per heavy atom. The Hall–Kier alpha value is -1.55. The summed E-state index contributed by atoms with van der Waals surface area (Å²) >= 11 is 0. The molecule has 0 bridgehead atoms. The second-order valence-electron chi connectivity index (χ2n) is 5.83. The van der Waals surface area contributed by atoms with Crippen LogP contribution >= 0.6 is 0 Å². The fourth-order valence-electron chi connectivity index (χ4n) is 2.65. The van der Waals surface area contributed by atoms with E-state index in [0.717, 1.165) is 26.1 Å². The molecule has 1 aliphatic heterocycles. The van der Waals surface area contributed by atoms with Gasteiger partial charge in [-0.1, -0.05) is 30.3 Å². The van der Waals surface area contributed by atoms with Crippen LogP contribution in [0.25, 0.3) is 0 Å². The van der Waals surface area contributed by atoms with Gasteiger partial charge >= 0.3 is 0 Å². The molecule has 0 amide bonds. The van der Waals surface area contributed by atoms with E-state index in [2.05, 4.69) is 59.4 Å². The molecule has 0 aliphatic carbocycles. The van der Waals surface area contributed by atoms with E-state index < -0.39 is 0 Å². The van der Waals surface area contributed by atoms with Crippen LogP contribution < -0.4 is 11.1 Å². The maximum atomic E-state index is 5.92. The highest BCUT2D eigenvalue weighted by molar-refractivity contribution is 5.78. The van der Waals surface area contributed by atoms with Gasteiger partial charge in [-0.15, -0.1) is 0 Å². The van der Waals surface area contributed by atoms with E-state index >= 15 is 0 Å². The van der Waals surface area contributed by atoms with Gasteiger partial charge in [-0.3, -0.25) is 4.90 Å². The summed E-state index contributed by atoms with van der Waals surface area (Å²) in [6, 6.07) is 11.3. The summed E-state index contributed by atoms with van der Waals surface area (Å²) in [5.41, 5.74) is 7.29. The maximum absolute atomic E-state index is 5.92. The zero-order valence-corrected chi connectivity index (χ0v) is 12.5. The second kappa shape index (κ2) is 7.29. The van der Waals surface area contributed by atoms with Gasteiger partial charge in [-0.05, 0) is 38.8 Å². The standard InChI is InChI=1S/C16H26N4/c1-13(2)18-16(17)19-15-9-6-10-20(12-15)11-14-7-4-3-5-8-14/h3-5,7-8,13,15H,6,9-12H2,1-2H3,(H3,17,18,19). The Balaban J connectivity index is 1.88. The molecule has 1 fully saturated rings. The number of aliphatic imine (C=N–C) groups is 1. The van der Waals surface area contributed by atoms with Gasteiger partial charge < -0.3 is 11.1 Å². The van der Waals surface area contributed by atoms with Crippen molar-refractivity contribution in [2.45, 2.75) is 45.3 Å². The molecule has 1 unspecified atom stereocenters. The van der Waals surface area contributed by atoms with Gasteiger partial charge in [0.15, 0.2) is 5.96 Å². The van der Waals surface area contributed by atoms with Crippen LogP contribution in [0.2, 0.25) is 0 Å². The number of nitrogens with one attached hydrogen (secondary N) is 1. The van der Waals surface area contributed by atoms with Crippen molar-refractivity contribution in [2.24, 2.45) is 10.7 Å². The molecule has 0 aromatic heterocycles. The number of rotatable bonds is 4. The van der Waals surface area contributed by atoms with Crippen LogP contribution in [-0.4, -0.2) is 36.0 Å². The Bertz CT molecular complexity index is 427. The monoisotopic (exact) mass is 274 g/mol. The number of likely N-dealkylation sites (tertiary alicyclic amines) is 1. The second-order valence-corrected chi connectivity index (χ2v) is 5.83. The van der Waals surface area contributed by atoms with Crippen LogP contribution in [0.15, 0.2) is 35.3 Å². The minimum Gasteiger partial charge on any atom is -0.370 e. The molecule has 1 aliphatic rings. The molecular weight excluding hydrogens is 248 g/mol. The number of hydrogen-bond donors (Lipinski definition) is 2. The Morgan fingerprint density at radius 1 is 1.40 bits per heavy atom. The van der Waals surface area contributed by atoms with Gasteiger partial charge in [0.2, 0.25) is 0 Å². The van der Waals surface area contributed by atoms with Crippen molar-refractivity contribution < 1.29 is 0 Å². The lowest BCUT2D eigenvalue weighted by Gasteiger charge is -2.31. The first-order chi connectivity index (χ1) is 9.63. The molecule has 20 heavy (non-hydrogen) atoms. The third kappa shape index (κ3) is 4.85. The fourth-order valence-corrected chi connectivity index (χ4v) is 2.65. The molecule has 4 nitrogen and oxygen atoms in total. The lowest BCUT2D eigenvalue weighted by Crippen LogP contribution is -2.41. The normalized spacial score (nSPS) is 21.1. The zero-order chi connectivity index (χ0) is 14.4. The Morgan fingerprint density at radius 3 is 2.85 bits per heavy atom. The van der Waals surface area contributed by atoms with Crippen LogP contribution in [0, 0.1) is 0 Å². The van der Waals surface area contributed by atoms with Crippen molar-refractivity contribution in [3.8, 4) is 0 Å². The third-order valence-corrected chi connectivity index (χ3v) is 3.49. The predicted octanol–water partition coefficient (Wildman–Crippen LogP) is 1.96. The van der Waals surface area contributed by atoms with E-state index in [4.69, 9.17) is 5.73 Å². The molecule has 2 rings (SSSR count). The molecule has 0 spiro atoms. The molecule has 1 atom stereocenters. The van der Waals surface area contributed by atoms with Crippen molar-refractivity contribution in [1.82, 2.24) is 10.2 Å². The van der Waals surface area contributed by atoms with Crippen molar-refractivity contribution in [2.75, 3.05) is 13.1 Å². The van der Waals surface area contributed by atoms with Gasteiger partial charge in [0.1, 0.15) is 0 Å². The van der Waals surface area contributed by atoms with E-state index in [1.54, 1.807) is 0 Å². The van der Waals surface area contributed by atoms with E-state index in [1.165, 1.54) is 12.0 Å². The molecule has 110 valence electrons. The van der Waals surface area contributed by atoms with Gasteiger partial charge in [-0.2, -0.15) is 0 Å². The smallest absolute Gasteiger partial charge is 0.189 e. The first-order valence-electron chi connectivity index (χ1n) is 7.49. The van der Waals surface area contributed by atoms with E-state index in [9.17, 15) is 0 Å². The number of nitrogens with two attached hydrogens (primary N) is 1. The number of piperidine rings is 1. The van der Waals surface area contributed by atoms with Crippen molar-refractivity contribution in [3.05, 3.63) is 35.9 Å². The van der Waals surface area contributed by atoms with Gasteiger partial charge in [0.05, 0.1) is 6.04 Å². The summed E-state index contributed by atoms with van der Waals surface area (Å²) in [7, 11) is 0. The van der Waals surface area contributed by atoms with Crippen LogP contribution in [0.1, 0.15) is 32.3 Å². The highest BCUT2D eigenvalue weighted by atomic mass is 15.2. The summed E-state index contributed by atoms with van der Waals surface area (Å²) < 4.78 is 0. The molecule has 1 aromatic rings. The van der Waals surface area contributed by atoms with Gasteiger partial charge in [0.25, 0.3) is 0 Å². The topological polar surface area (TPSA) is 53.6 Å². The number of nitrogens with zero attached hydrogens (tertiary/aromatic N) is 2. The fraction of sp³-hybridized carbons (Fsp3) is 0.562. The predicted molar refractivity (Wildman–Crippen MR) is 84.6 cm³/mol. The lowest BCUT2D eigenvalue weighted by atomic mass is 10.1. The summed E-state index contributed by atoms with van der Waals surface area (Å²) in [6.07, 6.45) is 2.32. The van der Waals surface area contributed by atoms with Gasteiger partial charge in [-0.25, -0.2) is 4.99 Å². The first kappa shape index (κ1) is 14.9. The molecule has 4 heteroatoms. The Kier molecular flexibility index (Phi) is 5.41. The highest BCUT2D eigenvalue weighted by Crippen LogP contribution is 2.15. The third-order valence-electron chi connectivity index (χ3n) is 3.49. The largest absolute Gasteiger partial charge is 0.370 e. The molecule has 1 saturated heterocycles. The SMILES string of the molecule is CC(C)NC(N)=NC1CCCN(Cc2ccccc2)C1. The van der Waals surface area contributed by atoms with Gasteiger partial charge in [0, 0.05) is 19.1 Å². The average Bonchev–Trinajstić information content (AvgIpc) is 2.39. The molecular formula is C16H26N4. The number of benzene rings is 1. The van der Waals surface area contributed by atoms with Crippen LogP contribution in [0.3, 0.4) is 0 Å². The minimum absolute atomic E-state index is 0.318. The highest BCUT2D eigenvalue weighted by Gasteiger charge is 2.19. The first-order valence-corrected chi connectivity index (χ1v) is 7.49. The van der Waals surface area contributed by atoms with E-state index in [0.29, 0.717) is 18.0 Å². The lowest BCUT2D eigenvalue weighted by molar-refractivity contribution is 0.202. The Labute approximate surface area is 122 Å². The van der Waals surface area contributed by atoms with Crippen LogP contribution in [0.5, 0.6) is 0 Å². The van der Waals surface area contributed by atoms with Crippen molar-refractivity contribution >= 4 is 5.96 Å². The molecule has 3 N–H and O–H groups in total. The molecule has 1 heterocycles. The molecule has 0 radical (unpaired) electrons. The van der Waals surface area contributed by atoms with E-state index in [-0.39, 0.29) is 0 Å². The summed E-state index contributed by atoms with van der Waals surface area (Å²) in [5.74, 6) is 0.576.